The normalized spacial score (nSPS) is 16.5. The molecule has 1 heterocycles. The first-order chi connectivity index (χ1) is 15.5. The van der Waals surface area contributed by atoms with Crippen LogP contribution in [0.1, 0.15) is 13.3 Å². The molecule has 1 saturated heterocycles. The van der Waals surface area contributed by atoms with Crippen LogP contribution in [0.2, 0.25) is 0 Å². The predicted molar refractivity (Wildman–Crippen MR) is 143 cm³/mol. The predicted octanol–water partition coefficient (Wildman–Crippen LogP) is 3.54. The highest BCUT2D eigenvalue weighted by Gasteiger charge is 2.24. The van der Waals surface area contributed by atoms with Crippen LogP contribution in [0.3, 0.4) is 0 Å². The zero-order valence-corrected chi connectivity index (χ0v) is 22.3. The van der Waals surface area contributed by atoms with E-state index in [1.165, 1.54) is 0 Å². The van der Waals surface area contributed by atoms with E-state index >= 15 is 0 Å². The minimum atomic E-state index is -0.0371. The molecule has 182 valence electrons. The molecule has 0 aliphatic carbocycles. The second-order valence-corrected chi connectivity index (χ2v) is 7.71. The number of nitrogens with zero attached hydrogens (tertiary/aromatic N) is 2. The smallest absolute Gasteiger partial charge is 0.191 e. The van der Waals surface area contributed by atoms with Crippen molar-refractivity contribution in [1.82, 2.24) is 10.6 Å². The van der Waals surface area contributed by atoms with E-state index in [4.69, 9.17) is 18.9 Å². The van der Waals surface area contributed by atoms with E-state index in [1.54, 1.807) is 28.4 Å². The monoisotopic (exact) mass is 570 g/mol. The van der Waals surface area contributed by atoms with Gasteiger partial charge in [-0.3, -0.25) is 4.99 Å². The number of rotatable bonds is 9. The summed E-state index contributed by atoms with van der Waals surface area (Å²) in [5, 5.41) is 6.88. The Morgan fingerprint density at radius 3 is 2.30 bits per heavy atom. The summed E-state index contributed by atoms with van der Waals surface area (Å²) in [6.45, 7) is 4.46. The van der Waals surface area contributed by atoms with Crippen LogP contribution in [0.5, 0.6) is 23.0 Å². The van der Waals surface area contributed by atoms with Crippen molar-refractivity contribution in [3.63, 3.8) is 0 Å². The van der Waals surface area contributed by atoms with Gasteiger partial charge in [0.25, 0.3) is 0 Å². The van der Waals surface area contributed by atoms with E-state index in [0.717, 1.165) is 54.2 Å². The Morgan fingerprint density at radius 1 is 1.03 bits per heavy atom. The average molecular weight is 570 g/mol. The van der Waals surface area contributed by atoms with Crippen molar-refractivity contribution in [3.8, 4) is 23.0 Å². The van der Waals surface area contributed by atoms with Crippen molar-refractivity contribution in [2.45, 2.75) is 25.5 Å². The fourth-order valence-electron chi connectivity index (χ4n) is 3.66. The third kappa shape index (κ3) is 7.76. The molecular weight excluding hydrogens is 535 g/mol. The third-order valence-electron chi connectivity index (χ3n) is 5.39. The zero-order chi connectivity index (χ0) is 22.9. The maximum Gasteiger partial charge on any atom is 0.191 e. The average Bonchev–Trinajstić information content (AvgIpc) is 3.30. The minimum Gasteiger partial charge on any atom is -0.497 e. The molecule has 1 aliphatic rings. The molecule has 9 heteroatoms. The molecule has 0 aromatic heterocycles. The van der Waals surface area contributed by atoms with Crippen molar-refractivity contribution < 1.29 is 18.9 Å². The van der Waals surface area contributed by atoms with Gasteiger partial charge in [-0.15, -0.1) is 24.0 Å². The maximum atomic E-state index is 5.98. The van der Waals surface area contributed by atoms with Gasteiger partial charge in [0.1, 0.15) is 29.1 Å². The number of nitrogens with one attached hydrogen (secondary N) is 2. The second-order valence-electron chi connectivity index (χ2n) is 7.71. The molecule has 2 N–H and O–H groups in total. The van der Waals surface area contributed by atoms with Crippen molar-refractivity contribution in [1.29, 1.82) is 0 Å². The summed E-state index contributed by atoms with van der Waals surface area (Å²) in [5.41, 5.74) is 1.09. The molecule has 2 aromatic rings. The summed E-state index contributed by atoms with van der Waals surface area (Å²) in [4.78, 5) is 6.69. The van der Waals surface area contributed by atoms with E-state index in [-0.39, 0.29) is 36.1 Å². The first-order valence-electron chi connectivity index (χ1n) is 10.8. The highest BCUT2D eigenvalue weighted by molar-refractivity contribution is 14.0. The quantitative estimate of drug-likeness (QED) is 0.272. The number of hydrogen-bond donors (Lipinski definition) is 2. The highest BCUT2D eigenvalue weighted by Crippen LogP contribution is 2.30. The lowest BCUT2D eigenvalue weighted by Gasteiger charge is -2.22. The topological polar surface area (TPSA) is 76.6 Å². The Balaban J connectivity index is 0.00000385. The lowest BCUT2D eigenvalue weighted by atomic mass is 10.2. The van der Waals surface area contributed by atoms with Gasteiger partial charge in [-0.1, -0.05) is 6.07 Å². The largest absolute Gasteiger partial charge is 0.497 e. The molecule has 0 bridgehead atoms. The first-order valence-corrected chi connectivity index (χ1v) is 10.8. The fraction of sp³-hybridized carbons (Fsp3) is 0.458. The molecule has 0 amide bonds. The van der Waals surface area contributed by atoms with Crippen LogP contribution in [0.4, 0.5) is 5.69 Å². The minimum absolute atomic E-state index is 0. The van der Waals surface area contributed by atoms with Gasteiger partial charge in [0, 0.05) is 56.1 Å². The number of methoxy groups -OCH3 is 3. The SMILES string of the molecule is CN=C(NCC(C)Oc1cccc(OC)c1)NC1CCN(c2cc(OC)cc(OC)c2)C1.I. The summed E-state index contributed by atoms with van der Waals surface area (Å²) in [5.74, 6) is 3.90. The molecular formula is C24H35IN4O4. The number of benzene rings is 2. The Hall–Kier alpha value is -2.56. The zero-order valence-electron chi connectivity index (χ0n) is 20.0. The molecule has 0 saturated carbocycles. The maximum absolute atomic E-state index is 5.98. The van der Waals surface area contributed by atoms with Crippen LogP contribution in [-0.2, 0) is 0 Å². The molecule has 33 heavy (non-hydrogen) atoms. The summed E-state index contributed by atoms with van der Waals surface area (Å²) in [7, 11) is 6.76. The van der Waals surface area contributed by atoms with E-state index in [2.05, 4.69) is 20.5 Å². The lowest BCUT2D eigenvalue weighted by Crippen LogP contribution is -2.47. The first kappa shape index (κ1) is 26.7. The van der Waals surface area contributed by atoms with Gasteiger partial charge < -0.3 is 34.5 Å². The van der Waals surface area contributed by atoms with Gasteiger partial charge in [0.05, 0.1) is 27.9 Å². The summed E-state index contributed by atoms with van der Waals surface area (Å²) < 4.78 is 22.0. The van der Waals surface area contributed by atoms with Gasteiger partial charge in [0.2, 0.25) is 0 Å². The summed E-state index contributed by atoms with van der Waals surface area (Å²) in [6, 6.07) is 13.9. The van der Waals surface area contributed by atoms with Gasteiger partial charge in [-0.05, 0) is 25.5 Å². The van der Waals surface area contributed by atoms with Crippen LogP contribution in [0, 0.1) is 0 Å². The number of ether oxygens (including phenoxy) is 4. The van der Waals surface area contributed by atoms with Crippen LogP contribution >= 0.6 is 24.0 Å². The fourth-order valence-corrected chi connectivity index (χ4v) is 3.66. The molecule has 0 radical (unpaired) electrons. The molecule has 1 fully saturated rings. The van der Waals surface area contributed by atoms with Crippen molar-refractivity contribution in [3.05, 3.63) is 42.5 Å². The molecule has 8 nitrogen and oxygen atoms in total. The Kier molecular flexibility index (Phi) is 10.7. The van der Waals surface area contributed by atoms with Gasteiger partial charge in [0.15, 0.2) is 5.96 Å². The molecule has 1 aliphatic heterocycles. The van der Waals surface area contributed by atoms with Crippen LogP contribution in [0.15, 0.2) is 47.5 Å². The van der Waals surface area contributed by atoms with E-state index < -0.39 is 0 Å². The second kappa shape index (κ2) is 13.2. The number of hydrogen-bond acceptors (Lipinski definition) is 6. The van der Waals surface area contributed by atoms with Crippen molar-refractivity contribution in [2.75, 3.05) is 52.9 Å². The summed E-state index contributed by atoms with van der Waals surface area (Å²) >= 11 is 0. The molecule has 2 atom stereocenters. The van der Waals surface area contributed by atoms with Crippen LogP contribution in [0.25, 0.3) is 0 Å². The molecule has 2 aromatic carbocycles. The number of guanidine groups is 1. The van der Waals surface area contributed by atoms with Gasteiger partial charge in [-0.2, -0.15) is 0 Å². The van der Waals surface area contributed by atoms with Gasteiger partial charge >= 0.3 is 0 Å². The lowest BCUT2D eigenvalue weighted by molar-refractivity contribution is 0.223. The molecule has 2 unspecified atom stereocenters. The number of halogens is 1. The Bertz CT molecular complexity index is 890. The van der Waals surface area contributed by atoms with Crippen LogP contribution < -0.4 is 34.5 Å². The van der Waals surface area contributed by atoms with E-state index in [9.17, 15) is 0 Å². The van der Waals surface area contributed by atoms with Gasteiger partial charge in [-0.25, -0.2) is 0 Å². The number of anilines is 1. The summed E-state index contributed by atoms with van der Waals surface area (Å²) in [6.07, 6.45) is 0.973. The third-order valence-corrected chi connectivity index (χ3v) is 5.39. The van der Waals surface area contributed by atoms with Crippen molar-refractivity contribution >= 4 is 35.6 Å². The number of aliphatic imine (C=N–C) groups is 1. The Labute approximate surface area is 213 Å². The highest BCUT2D eigenvalue weighted by atomic mass is 127. The standard InChI is InChI=1S/C24H34N4O4.HI/c1-17(32-21-8-6-7-20(13-21)29-3)15-26-24(25-2)27-18-9-10-28(16-18)19-11-22(30-4)14-23(12-19)31-5;/h6-8,11-14,17-18H,9-10,15-16H2,1-5H3,(H2,25,26,27);1H. The van der Waals surface area contributed by atoms with E-state index in [1.807, 2.05) is 49.4 Å². The van der Waals surface area contributed by atoms with E-state index in [0.29, 0.717) is 6.54 Å². The van der Waals surface area contributed by atoms with Crippen LogP contribution in [-0.4, -0.2) is 66.1 Å². The molecule has 3 rings (SSSR count). The molecule has 0 spiro atoms. The van der Waals surface area contributed by atoms with Crippen molar-refractivity contribution in [2.24, 2.45) is 4.99 Å². The Morgan fingerprint density at radius 2 is 1.67 bits per heavy atom.